The fraction of sp³-hybridized carbons (Fsp3) is 1.00. The van der Waals surface area contributed by atoms with E-state index in [9.17, 15) is 0 Å². The zero-order valence-electron chi connectivity index (χ0n) is 9.58. The van der Waals surface area contributed by atoms with E-state index in [4.69, 9.17) is 0 Å². The second-order valence-corrected chi connectivity index (χ2v) is 4.23. The summed E-state index contributed by atoms with van der Waals surface area (Å²) in [5.41, 5.74) is 0. The number of rotatable bonds is 3. The van der Waals surface area contributed by atoms with Crippen molar-refractivity contribution in [2.75, 3.05) is 26.2 Å². The molecule has 0 aliphatic carbocycles. The standard InChI is InChI=1S/C11H24N2/c1-5-10(3)13-8-7-12(6-2)11(4)9-13/h10-11H,5-9H2,1-4H3/t10-,11-/m1/s1. The van der Waals surface area contributed by atoms with Crippen LogP contribution in [0.5, 0.6) is 0 Å². The van der Waals surface area contributed by atoms with Crippen molar-refractivity contribution in [2.45, 2.75) is 46.2 Å². The second kappa shape index (κ2) is 4.97. The van der Waals surface area contributed by atoms with Gasteiger partial charge in [-0.1, -0.05) is 13.8 Å². The van der Waals surface area contributed by atoms with E-state index in [1.165, 1.54) is 32.6 Å². The van der Waals surface area contributed by atoms with Gasteiger partial charge in [-0.05, 0) is 26.8 Å². The zero-order chi connectivity index (χ0) is 9.84. The summed E-state index contributed by atoms with van der Waals surface area (Å²) in [6.45, 7) is 14.2. The summed E-state index contributed by atoms with van der Waals surface area (Å²) in [6.07, 6.45) is 1.28. The summed E-state index contributed by atoms with van der Waals surface area (Å²) < 4.78 is 0. The summed E-state index contributed by atoms with van der Waals surface area (Å²) >= 11 is 0. The Labute approximate surface area is 82.9 Å². The van der Waals surface area contributed by atoms with E-state index in [0.29, 0.717) is 0 Å². The molecule has 1 fully saturated rings. The Hall–Kier alpha value is -0.0800. The molecule has 0 unspecified atom stereocenters. The van der Waals surface area contributed by atoms with Crippen LogP contribution in [0, 0.1) is 0 Å². The quantitative estimate of drug-likeness (QED) is 0.660. The smallest absolute Gasteiger partial charge is 0.0195 e. The normalized spacial score (nSPS) is 29.1. The van der Waals surface area contributed by atoms with Crippen molar-refractivity contribution in [3.05, 3.63) is 0 Å². The molecule has 0 aromatic heterocycles. The minimum atomic E-state index is 0.743. The van der Waals surface area contributed by atoms with Crippen molar-refractivity contribution in [1.82, 2.24) is 9.80 Å². The summed E-state index contributed by atoms with van der Waals surface area (Å²) in [7, 11) is 0. The lowest BCUT2D eigenvalue weighted by Gasteiger charge is -2.41. The second-order valence-electron chi connectivity index (χ2n) is 4.23. The van der Waals surface area contributed by atoms with Gasteiger partial charge in [0.05, 0.1) is 0 Å². The van der Waals surface area contributed by atoms with Gasteiger partial charge < -0.3 is 0 Å². The maximum Gasteiger partial charge on any atom is 0.0195 e. The molecule has 0 spiro atoms. The van der Waals surface area contributed by atoms with Gasteiger partial charge in [-0.2, -0.15) is 0 Å². The molecule has 1 heterocycles. The molecule has 1 rings (SSSR count). The molecule has 0 aromatic carbocycles. The molecule has 0 N–H and O–H groups in total. The first-order chi connectivity index (χ1) is 6.19. The van der Waals surface area contributed by atoms with Crippen molar-refractivity contribution in [3.63, 3.8) is 0 Å². The van der Waals surface area contributed by atoms with Gasteiger partial charge in [-0.3, -0.25) is 9.80 Å². The Kier molecular flexibility index (Phi) is 4.20. The molecule has 1 aliphatic heterocycles. The number of hydrogen-bond acceptors (Lipinski definition) is 2. The third-order valence-electron chi connectivity index (χ3n) is 3.42. The van der Waals surface area contributed by atoms with Crippen molar-refractivity contribution in [1.29, 1.82) is 0 Å². The maximum absolute atomic E-state index is 2.62. The Bertz CT molecular complexity index is 147. The van der Waals surface area contributed by atoms with Gasteiger partial charge in [0.25, 0.3) is 0 Å². The van der Waals surface area contributed by atoms with Gasteiger partial charge in [0.15, 0.2) is 0 Å². The first-order valence-corrected chi connectivity index (χ1v) is 5.67. The van der Waals surface area contributed by atoms with Gasteiger partial charge in [0.1, 0.15) is 0 Å². The third-order valence-corrected chi connectivity index (χ3v) is 3.42. The highest BCUT2D eigenvalue weighted by Crippen LogP contribution is 2.13. The van der Waals surface area contributed by atoms with Crippen LogP contribution in [0.15, 0.2) is 0 Å². The molecule has 2 heteroatoms. The van der Waals surface area contributed by atoms with Crippen LogP contribution in [0.4, 0.5) is 0 Å². The van der Waals surface area contributed by atoms with Gasteiger partial charge in [0, 0.05) is 31.7 Å². The lowest BCUT2D eigenvalue weighted by Crippen LogP contribution is -2.53. The van der Waals surface area contributed by atoms with E-state index < -0.39 is 0 Å². The molecule has 2 atom stereocenters. The van der Waals surface area contributed by atoms with E-state index in [1.54, 1.807) is 0 Å². The van der Waals surface area contributed by atoms with Gasteiger partial charge >= 0.3 is 0 Å². The van der Waals surface area contributed by atoms with Crippen LogP contribution >= 0.6 is 0 Å². The van der Waals surface area contributed by atoms with Gasteiger partial charge in [-0.25, -0.2) is 0 Å². The van der Waals surface area contributed by atoms with Crippen molar-refractivity contribution in [2.24, 2.45) is 0 Å². The predicted octanol–water partition coefficient (Wildman–Crippen LogP) is 1.81. The summed E-state index contributed by atoms with van der Waals surface area (Å²) in [5, 5.41) is 0. The average molecular weight is 184 g/mol. The summed E-state index contributed by atoms with van der Waals surface area (Å²) in [5.74, 6) is 0. The molecule has 0 amide bonds. The summed E-state index contributed by atoms with van der Waals surface area (Å²) in [4.78, 5) is 5.19. The molecule has 13 heavy (non-hydrogen) atoms. The highest BCUT2D eigenvalue weighted by atomic mass is 15.3. The van der Waals surface area contributed by atoms with E-state index in [0.717, 1.165) is 12.1 Å². The minimum absolute atomic E-state index is 0.743. The van der Waals surface area contributed by atoms with E-state index in [2.05, 4.69) is 37.5 Å². The molecule has 0 saturated carbocycles. The van der Waals surface area contributed by atoms with Crippen LogP contribution in [-0.4, -0.2) is 48.1 Å². The predicted molar refractivity (Wildman–Crippen MR) is 58.0 cm³/mol. The molecular formula is C11H24N2. The zero-order valence-corrected chi connectivity index (χ0v) is 9.58. The lowest BCUT2D eigenvalue weighted by molar-refractivity contribution is 0.0627. The fourth-order valence-electron chi connectivity index (χ4n) is 2.15. The first-order valence-electron chi connectivity index (χ1n) is 5.67. The van der Waals surface area contributed by atoms with Crippen molar-refractivity contribution < 1.29 is 0 Å². The molecule has 0 radical (unpaired) electrons. The van der Waals surface area contributed by atoms with Crippen LogP contribution in [0.2, 0.25) is 0 Å². The van der Waals surface area contributed by atoms with Crippen LogP contribution in [0.1, 0.15) is 34.1 Å². The largest absolute Gasteiger partial charge is 0.298 e. The molecule has 0 bridgehead atoms. The maximum atomic E-state index is 2.62. The highest BCUT2D eigenvalue weighted by Gasteiger charge is 2.24. The number of hydrogen-bond donors (Lipinski definition) is 0. The van der Waals surface area contributed by atoms with E-state index in [-0.39, 0.29) is 0 Å². The molecule has 0 aromatic rings. The SMILES string of the molecule is CC[C@@H](C)N1CCN(CC)[C@H](C)C1. The lowest BCUT2D eigenvalue weighted by atomic mass is 10.1. The monoisotopic (exact) mass is 184 g/mol. The number of likely N-dealkylation sites (N-methyl/N-ethyl adjacent to an activating group) is 1. The van der Waals surface area contributed by atoms with Crippen molar-refractivity contribution in [3.8, 4) is 0 Å². The number of nitrogens with zero attached hydrogens (tertiary/aromatic N) is 2. The van der Waals surface area contributed by atoms with E-state index >= 15 is 0 Å². The molecular weight excluding hydrogens is 160 g/mol. The minimum Gasteiger partial charge on any atom is -0.298 e. The summed E-state index contributed by atoms with van der Waals surface area (Å²) in [6, 6.07) is 1.51. The molecule has 1 aliphatic rings. The Balaban J connectivity index is 2.40. The van der Waals surface area contributed by atoms with Gasteiger partial charge in [-0.15, -0.1) is 0 Å². The van der Waals surface area contributed by atoms with Crippen LogP contribution in [0.3, 0.4) is 0 Å². The number of piperazine rings is 1. The Morgan fingerprint density at radius 2 is 2.00 bits per heavy atom. The van der Waals surface area contributed by atoms with Crippen molar-refractivity contribution >= 4 is 0 Å². The van der Waals surface area contributed by atoms with E-state index in [1.807, 2.05) is 0 Å². The third kappa shape index (κ3) is 2.68. The van der Waals surface area contributed by atoms with Gasteiger partial charge in [0.2, 0.25) is 0 Å². The van der Waals surface area contributed by atoms with Crippen LogP contribution in [0.25, 0.3) is 0 Å². The fourth-order valence-corrected chi connectivity index (χ4v) is 2.15. The highest BCUT2D eigenvalue weighted by molar-refractivity contribution is 4.80. The van der Waals surface area contributed by atoms with Crippen LogP contribution in [-0.2, 0) is 0 Å². The topological polar surface area (TPSA) is 6.48 Å². The first kappa shape index (κ1) is 11.0. The average Bonchev–Trinajstić information content (AvgIpc) is 2.16. The molecule has 78 valence electrons. The molecule has 2 nitrogen and oxygen atoms in total. The molecule has 1 saturated heterocycles. The van der Waals surface area contributed by atoms with Crippen LogP contribution < -0.4 is 0 Å². The Morgan fingerprint density at radius 3 is 2.46 bits per heavy atom. The Morgan fingerprint density at radius 1 is 1.31 bits per heavy atom.